The van der Waals surface area contributed by atoms with Crippen LogP contribution in [0.1, 0.15) is 0 Å². The van der Waals surface area contributed by atoms with Crippen molar-refractivity contribution in [3.63, 3.8) is 0 Å². The van der Waals surface area contributed by atoms with E-state index < -0.39 is 15.9 Å². The molecule has 0 rings (SSSR count). The maximum absolute atomic E-state index is 9.88. The van der Waals surface area contributed by atoms with E-state index in [1.54, 1.807) is 0 Å². The molecular formula is C3H11O6P2+. The molecule has 0 heterocycles. The molecule has 0 atom stereocenters. The van der Waals surface area contributed by atoms with Crippen molar-refractivity contribution in [1.29, 1.82) is 0 Å². The molecule has 0 saturated heterocycles. The fourth-order valence-electron chi connectivity index (χ4n) is 0.0745. The van der Waals surface area contributed by atoms with E-state index in [0.717, 1.165) is 6.66 Å². The second-order valence-electron chi connectivity index (χ2n) is 1.42. The molecule has 0 spiro atoms. The van der Waals surface area contributed by atoms with Gasteiger partial charge in [-0.15, -0.1) is 9.05 Å². The van der Waals surface area contributed by atoms with E-state index >= 15 is 0 Å². The van der Waals surface area contributed by atoms with Crippen LogP contribution in [-0.2, 0) is 18.2 Å². The monoisotopic (exact) mass is 205 g/mol. The highest BCUT2D eigenvalue weighted by Gasteiger charge is 2.10. The Bertz CT molecular complexity index is 136. The molecular weight excluding hydrogens is 194 g/mol. The number of hydrogen-bond acceptors (Lipinski definition) is 4. The van der Waals surface area contributed by atoms with Gasteiger partial charge in [-0.05, 0) is 0 Å². The fourth-order valence-corrected chi connectivity index (χ4v) is 0.224. The first-order valence-electron chi connectivity index (χ1n) is 2.39. The van der Waals surface area contributed by atoms with Crippen LogP contribution in [0.25, 0.3) is 0 Å². The zero-order valence-corrected chi connectivity index (χ0v) is 8.21. The second-order valence-corrected chi connectivity index (χ2v) is 4.27. The smallest absolute Gasteiger partial charge is 0.325 e. The molecule has 0 aliphatic heterocycles. The van der Waals surface area contributed by atoms with Crippen molar-refractivity contribution in [2.75, 3.05) is 20.9 Å². The summed E-state index contributed by atoms with van der Waals surface area (Å²) < 4.78 is 27.6. The van der Waals surface area contributed by atoms with E-state index in [-0.39, 0.29) is 0 Å². The van der Waals surface area contributed by atoms with E-state index in [2.05, 4.69) is 9.05 Å². The van der Waals surface area contributed by atoms with Crippen LogP contribution in [0.4, 0.5) is 0 Å². The third-order valence-electron chi connectivity index (χ3n) is 0.298. The molecule has 0 unspecified atom stereocenters. The molecule has 0 bridgehead atoms. The van der Waals surface area contributed by atoms with E-state index in [4.69, 9.17) is 9.79 Å². The largest absolute Gasteiger partial charge is 0.696 e. The lowest BCUT2D eigenvalue weighted by molar-refractivity contribution is 0.302. The standard InChI is InChI=1S/C2H6O3P.CH5O3P/c1-4-6(3)5-2;1-5(2,3)4/h1-2H3;1H3,(H2,2,3,4)/q+1;. The topological polar surface area (TPSA) is 93.1 Å². The highest BCUT2D eigenvalue weighted by atomic mass is 31.2. The Morgan fingerprint density at radius 1 is 1.27 bits per heavy atom. The molecule has 0 amide bonds. The van der Waals surface area contributed by atoms with Gasteiger partial charge >= 0.3 is 15.9 Å². The average molecular weight is 205 g/mol. The molecule has 0 aliphatic rings. The van der Waals surface area contributed by atoms with Crippen LogP contribution in [0, 0.1) is 0 Å². The lowest BCUT2D eigenvalue weighted by Gasteiger charge is -1.84. The average Bonchev–Trinajstić information content (AvgIpc) is 1.83. The maximum Gasteiger partial charge on any atom is 0.696 e. The highest BCUT2D eigenvalue weighted by molar-refractivity contribution is 7.50. The van der Waals surface area contributed by atoms with Gasteiger partial charge in [0.1, 0.15) is 0 Å². The zero-order chi connectivity index (χ0) is 9.49. The minimum Gasteiger partial charge on any atom is -0.325 e. The van der Waals surface area contributed by atoms with Gasteiger partial charge < -0.3 is 9.79 Å². The third kappa shape index (κ3) is 39.0. The van der Waals surface area contributed by atoms with Gasteiger partial charge in [-0.1, -0.05) is 0 Å². The summed E-state index contributed by atoms with van der Waals surface area (Å²) >= 11 is 0. The van der Waals surface area contributed by atoms with Gasteiger partial charge in [0, 0.05) is 11.2 Å². The molecule has 0 aromatic carbocycles. The second kappa shape index (κ2) is 6.85. The molecule has 0 aromatic heterocycles. The highest BCUT2D eigenvalue weighted by Crippen LogP contribution is 2.26. The van der Waals surface area contributed by atoms with Crippen molar-refractivity contribution in [1.82, 2.24) is 0 Å². The molecule has 8 heteroatoms. The molecule has 11 heavy (non-hydrogen) atoms. The Balaban J connectivity index is 0. The number of hydrogen-bond donors (Lipinski definition) is 2. The predicted molar refractivity (Wildman–Crippen MR) is 39.6 cm³/mol. The molecule has 0 aliphatic carbocycles. The summed E-state index contributed by atoms with van der Waals surface area (Å²) in [4.78, 5) is 15.3. The minimum atomic E-state index is -3.64. The van der Waals surface area contributed by atoms with Gasteiger partial charge in [-0.3, -0.25) is 4.57 Å². The quantitative estimate of drug-likeness (QED) is 0.645. The summed E-state index contributed by atoms with van der Waals surface area (Å²) in [5.74, 6) is 0. The van der Waals surface area contributed by atoms with Crippen LogP contribution < -0.4 is 0 Å². The summed E-state index contributed by atoms with van der Waals surface area (Å²) in [7, 11) is -2.82. The minimum absolute atomic E-state index is 0.854. The Morgan fingerprint density at radius 3 is 1.45 bits per heavy atom. The van der Waals surface area contributed by atoms with Crippen molar-refractivity contribution in [3.8, 4) is 0 Å². The molecule has 2 N–H and O–H groups in total. The van der Waals surface area contributed by atoms with Crippen LogP contribution in [-0.4, -0.2) is 30.7 Å². The lowest BCUT2D eigenvalue weighted by Crippen LogP contribution is -1.66. The molecule has 0 saturated carbocycles. The van der Waals surface area contributed by atoms with Crippen LogP contribution in [0.15, 0.2) is 0 Å². The van der Waals surface area contributed by atoms with Crippen LogP contribution in [0.3, 0.4) is 0 Å². The van der Waals surface area contributed by atoms with Gasteiger partial charge in [-0.2, -0.15) is 0 Å². The Labute approximate surface area is 65.6 Å². The first-order chi connectivity index (χ1) is 4.81. The van der Waals surface area contributed by atoms with Gasteiger partial charge in [0.05, 0.1) is 14.2 Å². The van der Waals surface area contributed by atoms with Crippen molar-refractivity contribution in [2.24, 2.45) is 0 Å². The van der Waals surface area contributed by atoms with E-state index in [0.29, 0.717) is 0 Å². The lowest BCUT2D eigenvalue weighted by atomic mass is 11.8. The number of rotatable bonds is 2. The third-order valence-corrected chi connectivity index (χ3v) is 0.894. The van der Waals surface area contributed by atoms with E-state index in [1.165, 1.54) is 14.2 Å². The maximum atomic E-state index is 9.88. The van der Waals surface area contributed by atoms with Crippen molar-refractivity contribution in [3.05, 3.63) is 0 Å². The summed E-state index contributed by atoms with van der Waals surface area (Å²) in [6, 6.07) is 0. The molecule has 6 nitrogen and oxygen atoms in total. The van der Waals surface area contributed by atoms with E-state index in [9.17, 15) is 9.13 Å². The first kappa shape index (κ1) is 13.7. The SMILES string of the molecule is CO[P+](=O)OC.CP(=O)(O)O. The zero-order valence-electron chi connectivity index (χ0n) is 6.42. The fraction of sp³-hybridized carbons (Fsp3) is 1.00. The Kier molecular flexibility index (Phi) is 8.56. The van der Waals surface area contributed by atoms with Gasteiger partial charge in [0.2, 0.25) is 0 Å². The van der Waals surface area contributed by atoms with Crippen LogP contribution >= 0.6 is 15.9 Å². The molecule has 68 valence electrons. The van der Waals surface area contributed by atoms with Crippen molar-refractivity contribution in [2.45, 2.75) is 0 Å². The predicted octanol–water partition coefficient (Wildman–Crippen LogP) is 0.730. The van der Waals surface area contributed by atoms with Crippen LogP contribution in [0.5, 0.6) is 0 Å². The summed E-state index contributed by atoms with van der Waals surface area (Å²) in [5.41, 5.74) is 0. The van der Waals surface area contributed by atoms with Gasteiger partial charge in [0.15, 0.2) is 0 Å². The van der Waals surface area contributed by atoms with Gasteiger partial charge in [-0.25, -0.2) is 0 Å². The Morgan fingerprint density at radius 2 is 1.45 bits per heavy atom. The summed E-state index contributed by atoms with van der Waals surface area (Å²) in [6.07, 6.45) is 0. The molecule has 0 fully saturated rings. The summed E-state index contributed by atoms with van der Waals surface area (Å²) in [6.45, 7) is 0.854. The Hall–Kier alpha value is 0.170. The van der Waals surface area contributed by atoms with E-state index in [1.807, 2.05) is 0 Å². The van der Waals surface area contributed by atoms with Crippen molar-refractivity contribution < 1.29 is 28.0 Å². The normalized spacial score (nSPS) is 9.91. The van der Waals surface area contributed by atoms with Crippen LogP contribution in [0.2, 0.25) is 0 Å². The van der Waals surface area contributed by atoms with Gasteiger partial charge in [0.25, 0.3) is 0 Å². The first-order valence-corrected chi connectivity index (χ1v) is 5.55. The molecule has 0 radical (unpaired) electrons. The molecule has 0 aromatic rings. The van der Waals surface area contributed by atoms with Crippen molar-refractivity contribution >= 4 is 15.9 Å². The summed E-state index contributed by atoms with van der Waals surface area (Å²) in [5, 5.41) is 0.